The third-order valence-corrected chi connectivity index (χ3v) is 9.30. The van der Waals surface area contributed by atoms with Crippen molar-refractivity contribution in [2.75, 3.05) is 6.54 Å². The summed E-state index contributed by atoms with van der Waals surface area (Å²) < 4.78 is 1.31. The number of thiophene rings is 2. The molecule has 0 fully saturated rings. The molecule has 2 heterocycles. The number of unbranched alkanes of at least 4 members (excludes halogenated alkanes) is 8. The smallest absolute Gasteiger partial charge is 0.0737 e. The number of nitrogens with zero attached hydrogens (tertiary/aromatic N) is 1. The molecule has 1 nitrogen and oxygen atoms in total. The van der Waals surface area contributed by atoms with Gasteiger partial charge in [0.1, 0.15) is 0 Å². The van der Waals surface area contributed by atoms with Gasteiger partial charge in [0.05, 0.1) is 3.79 Å². The summed E-state index contributed by atoms with van der Waals surface area (Å²) in [6, 6.07) is 6.93. The Morgan fingerprint density at radius 1 is 0.903 bits per heavy atom. The van der Waals surface area contributed by atoms with Gasteiger partial charge in [-0.1, -0.05) is 78.6 Å². The van der Waals surface area contributed by atoms with Crippen LogP contribution >= 0.6 is 38.6 Å². The molecule has 0 saturated carbocycles. The molecule has 31 heavy (non-hydrogen) atoms. The van der Waals surface area contributed by atoms with Gasteiger partial charge in [-0.15, -0.1) is 22.7 Å². The maximum atomic E-state index is 4.93. The summed E-state index contributed by atoms with van der Waals surface area (Å²) in [6.45, 7) is 10.0. The molecule has 1 atom stereocenters. The van der Waals surface area contributed by atoms with Gasteiger partial charge < -0.3 is 0 Å². The fourth-order valence-corrected chi connectivity index (χ4v) is 6.66. The van der Waals surface area contributed by atoms with Crippen molar-refractivity contribution in [1.82, 2.24) is 0 Å². The van der Waals surface area contributed by atoms with Gasteiger partial charge in [-0.2, -0.15) is 0 Å². The molecular formula is C27H42BrNS2. The zero-order valence-corrected chi connectivity index (χ0v) is 23.4. The van der Waals surface area contributed by atoms with Crippen LogP contribution in [0.25, 0.3) is 9.75 Å². The predicted molar refractivity (Wildman–Crippen MR) is 147 cm³/mol. The van der Waals surface area contributed by atoms with E-state index in [9.17, 15) is 0 Å². The van der Waals surface area contributed by atoms with Gasteiger partial charge in [0, 0.05) is 26.9 Å². The third kappa shape index (κ3) is 9.92. The van der Waals surface area contributed by atoms with E-state index in [2.05, 4.69) is 61.8 Å². The van der Waals surface area contributed by atoms with E-state index in [0.717, 1.165) is 6.54 Å². The SMILES string of the molecule is CCCCCCCCC(C)CN=C(C)c1ccc(-c2cc(CCCCCC)c(Br)s2)s1. The van der Waals surface area contributed by atoms with Gasteiger partial charge in [-0.25, -0.2) is 0 Å². The first-order valence-electron chi connectivity index (χ1n) is 12.4. The molecule has 0 aliphatic rings. The van der Waals surface area contributed by atoms with E-state index in [1.807, 2.05) is 22.7 Å². The van der Waals surface area contributed by atoms with Gasteiger partial charge in [0.15, 0.2) is 0 Å². The Kier molecular flexibility index (Phi) is 13.3. The molecule has 0 radical (unpaired) electrons. The molecule has 0 N–H and O–H groups in total. The van der Waals surface area contributed by atoms with Crippen molar-refractivity contribution in [3.63, 3.8) is 0 Å². The summed E-state index contributed by atoms with van der Waals surface area (Å²) in [5.74, 6) is 0.684. The van der Waals surface area contributed by atoms with Crippen molar-refractivity contribution in [3.8, 4) is 9.75 Å². The molecule has 0 spiro atoms. The Morgan fingerprint density at radius 3 is 2.32 bits per heavy atom. The second kappa shape index (κ2) is 15.4. The molecule has 0 bridgehead atoms. The van der Waals surface area contributed by atoms with Crippen LogP contribution in [0.4, 0.5) is 0 Å². The van der Waals surface area contributed by atoms with Crippen LogP contribution in [-0.2, 0) is 6.42 Å². The molecule has 0 aliphatic heterocycles. The molecular weight excluding hydrogens is 482 g/mol. The van der Waals surface area contributed by atoms with E-state index in [1.54, 1.807) is 0 Å². The first-order chi connectivity index (χ1) is 15.0. The van der Waals surface area contributed by atoms with Crippen molar-refractivity contribution in [2.45, 2.75) is 105 Å². The highest BCUT2D eigenvalue weighted by Crippen LogP contribution is 2.39. The van der Waals surface area contributed by atoms with E-state index in [0.29, 0.717) is 5.92 Å². The standard InChI is InChI=1S/C27H42BrNS2/c1-5-7-9-11-12-13-15-21(3)20-29-22(4)24-17-18-25(30-24)26-19-23(27(28)31-26)16-14-10-8-6-2/h17-19,21H,5-16,20H2,1-4H3. The van der Waals surface area contributed by atoms with Gasteiger partial charge >= 0.3 is 0 Å². The first kappa shape index (κ1) is 26.8. The zero-order chi connectivity index (χ0) is 22.5. The van der Waals surface area contributed by atoms with Crippen LogP contribution in [0.2, 0.25) is 0 Å². The maximum Gasteiger partial charge on any atom is 0.0737 e. The third-order valence-electron chi connectivity index (χ3n) is 5.95. The monoisotopic (exact) mass is 523 g/mol. The normalized spacial score (nSPS) is 13.1. The average Bonchev–Trinajstić information content (AvgIpc) is 3.39. The second-order valence-corrected chi connectivity index (χ2v) is 12.4. The summed E-state index contributed by atoms with van der Waals surface area (Å²) in [6.07, 6.45) is 16.1. The van der Waals surface area contributed by atoms with Crippen molar-refractivity contribution >= 4 is 44.3 Å². The van der Waals surface area contributed by atoms with E-state index in [1.165, 1.54) is 107 Å². The van der Waals surface area contributed by atoms with Crippen LogP contribution in [0.15, 0.2) is 27.0 Å². The zero-order valence-electron chi connectivity index (χ0n) is 20.1. The topological polar surface area (TPSA) is 12.4 Å². The molecule has 0 aliphatic carbocycles. The van der Waals surface area contributed by atoms with E-state index in [4.69, 9.17) is 4.99 Å². The highest BCUT2D eigenvalue weighted by molar-refractivity contribution is 9.11. The Morgan fingerprint density at radius 2 is 1.58 bits per heavy atom. The Labute approximate surface area is 207 Å². The number of aryl methyl sites for hydroxylation is 1. The number of hydrogen-bond donors (Lipinski definition) is 0. The van der Waals surface area contributed by atoms with E-state index in [-0.39, 0.29) is 0 Å². The Bertz CT molecular complexity index is 774. The van der Waals surface area contributed by atoms with Gasteiger partial charge in [0.2, 0.25) is 0 Å². The quantitative estimate of drug-likeness (QED) is 0.153. The molecule has 0 aromatic carbocycles. The highest BCUT2D eigenvalue weighted by Gasteiger charge is 2.12. The number of halogens is 1. The number of hydrogen-bond acceptors (Lipinski definition) is 3. The van der Waals surface area contributed by atoms with Crippen molar-refractivity contribution in [3.05, 3.63) is 32.4 Å². The van der Waals surface area contributed by atoms with Gasteiger partial charge in [-0.05, 0) is 71.8 Å². The highest BCUT2D eigenvalue weighted by atomic mass is 79.9. The second-order valence-electron chi connectivity index (χ2n) is 8.97. The lowest BCUT2D eigenvalue weighted by atomic mass is 10.0. The molecule has 4 heteroatoms. The van der Waals surface area contributed by atoms with Crippen LogP contribution in [0.1, 0.15) is 109 Å². The lowest BCUT2D eigenvalue weighted by Crippen LogP contribution is -2.02. The fraction of sp³-hybridized carbons (Fsp3) is 0.667. The number of rotatable bonds is 16. The molecule has 2 rings (SSSR count). The summed E-state index contributed by atoms with van der Waals surface area (Å²) in [7, 11) is 0. The van der Waals surface area contributed by atoms with Crippen LogP contribution in [0, 0.1) is 5.92 Å². The molecule has 2 aromatic rings. The van der Waals surface area contributed by atoms with Crippen LogP contribution in [-0.4, -0.2) is 12.3 Å². The molecule has 2 aromatic heterocycles. The number of aliphatic imine (C=N–C) groups is 1. The van der Waals surface area contributed by atoms with Crippen LogP contribution in [0.5, 0.6) is 0 Å². The minimum Gasteiger partial charge on any atom is -0.288 e. The Hall–Kier alpha value is -0.450. The Balaban J connectivity index is 1.83. The lowest BCUT2D eigenvalue weighted by molar-refractivity contribution is 0.492. The first-order valence-corrected chi connectivity index (χ1v) is 14.9. The molecule has 1 unspecified atom stereocenters. The minimum atomic E-state index is 0.684. The van der Waals surface area contributed by atoms with Crippen molar-refractivity contribution < 1.29 is 0 Å². The van der Waals surface area contributed by atoms with Crippen LogP contribution in [0.3, 0.4) is 0 Å². The van der Waals surface area contributed by atoms with Crippen LogP contribution < -0.4 is 0 Å². The van der Waals surface area contributed by atoms with Crippen molar-refractivity contribution in [1.29, 1.82) is 0 Å². The van der Waals surface area contributed by atoms with Crippen molar-refractivity contribution in [2.24, 2.45) is 10.9 Å². The predicted octanol–water partition coefficient (Wildman–Crippen LogP) is 10.6. The van der Waals surface area contributed by atoms with E-state index < -0.39 is 0 Å². The molecule has 174 valence electrons. The summed E-state index contributed by atoms with van der Waals surface area (Å²) in [5, 5.41) is 0. The summed E-state index contributed by atoms with van der Waals surface area (Å²) in [4.78, 5) is 9.00. The minimum absolute atomic E-state index is 0.684. The largest absolute Gasteiger partial charge is 0.288 e. The fourth-order valence-electron chi connectivity index (χ4n) is 3.84. The summed E-state index contributed by atoms with van der Waals surface area (Å²) in [5.41, 5.74) is 2.67. The van der Waals surface area contributed by atoms with E-state index >= 15 is 0 Å². The molecule has 0 amide bonds. The molecule has 0 saturated heterocycles. The van der Waals surface area contributed by atoms with Gasteiger partial charge in [-0.3, -0.25) is 4.99 Å². The lowest BCUT2D eigenvalue weighted by Gasteiger charge is -2.09. The maximum absolute atomic E-state index is 4.93. The van der Waals surface area contributed by atoms with Gasteiger partial charge in [0.25, 0.3) is 0 Å². The summed E-state index contributed by atoms with van der Waals surface area (Å²) >= 11 is 7.56. The average molecular weight is 525 g/mol.